The van der Waals surface area contributed by atoms with Crippen molar-refractivity contribution in [3.63, 3.8) is 0 Å². The Kier molecular flexibility index (Phi) is 3.84. The molecular weight excluding hydrogens is 224 g/mol. The molecule has 1 nitrogen and oxygen atoms in total. The van der Waals surface area contributed by atoms with Gasteiger partial charge >= 0.3 is 0 Å². The highest BCUT2D eigenvalue weighted by Gasteiger charge is 2.08. The number of methoxy groups -OCH3 is 1. The van der Waals surface area contributed by atoms with Crippen LogP contribution in [0.2, 0.25) is 24.7 Å². The first-order chi connectivity index (χ1) is 6.92. The van der Waals surface area contributed by atoms with E-state index in [-0.39, 0.29) is 0 Å². The van der Waals surface area contributed by atoms with Gasteiger partial charge in [-0.2, -0.15) is 0 Å². The SMILES string of the molecule is COc1ccc(C#C[Si](C)(C)C)c(Cl)c1. The summed E-state index contributed by atoms with van der Waals surface area (Å²) in [5, 5.41) is 0.653. The predicted octanol–water partition coefficient (Wildman–Crippen LogP) is 3.58. The number of ether oxygens (including phenoxy) is 1. The fourth-order valence-corrected chi connectivity index (χ4v) is 1.71. The fraction of sp³-hybridized carbons (Fsp3) is 0.333. The first-order valence-corrected chi connectivity index (χ1v) is 8.67. The third-order valence-corrected chi connectivity index (χ3v) is 2.94. The summed E-state index contributed by atoms with van der Waals surface area (Å²) in [7, 11) is 0.288. The quantitative estimate of drug-likeness (QED) is 0.537. The van der Waals surface area contributed by atoms with Crippen molar-refractivity contribution in [2.45, 2.75) is 19.6 Å². The second-order valence-electron chi connectivity index (χ2n) is 4.35. The first-order valence-electron chi connectivity index (χ1n) is 4.79. The Morgan fingerprint density at radius 2 is 1.93 bits per heavy atom. The lowest BCUT2D eigenvalue weighted by molar-refractivity contribution is 0.415. The van der Waals surface area contributed by atoms with Gasteiger partial charge in [0.2, 0.25) is 0 Å². The van der Waals surface area contributed by atoms with Crippen molar-refractivity contribution in [2.24, 2.45) is 0 Å². The monoisotopic (exact) mass is 238 g/mol. The summed E-state index contributed by atoms with van der Waals surface area (Å²) >= 11 is 6.07. The van der Waals surface area contributed by atoms with Gasteiger partial charge in [0, 0.05) is 5.56 Å². The summed E-state index contributed by atoms with van der Waals surface area (Å²) in [6.45, 7) is 6.62. The summed E-state index contributed by atoms with van der Waals surface area (Å²) in [6, 6.07) is 5.56. The van der Waals surface area contributed by atoms with Gasteiger partial charge < -0.3 is 4.74 Å². The lowest BCUT2D eigenvalue weighted by atomic mass is 10.2. The largest absolute Gasteiger partial charge is 0.497 e. The number of hydrogen-bond donors (Lipinski definition) is 0. The summed E-state index contributed by atoms with van der Waals surface area (Å²) < 4.78 is 5.07. The minimum absolute atomic E-state index is 0.653. The van der Waals surface area contributed by atoms with E-state index in [2.05, 4.69) is 31.1 Å². The van der Waals surface area contributed by atoms with Crippen LogP contribution in [-0.2, 0) is 0 Å². The molecule has 0 aliphatic carbocycles. The van der Waals surface area contributed by atoms with Crippen LogP contribution in [0.3, 0.4) is 0 Å². The van der Waals surface area contributed by atoms with Gasteiger partial charge in [-0.05, 0) is 18.2 Å². The van der Waals surface area contributed by atoms with Gasteiger partial charge in [0.15, 0.2) is 0 Å². The van der Waals surface area contributed by atoms with Crippen LogP contribution in [0.25, 0.3) is 0 Å². The van der Waals surface area contributed by atoms with Gasteiger partial charge in [0.25, 0.3) is 0 Å². The second-order valence-corrected chi connectivity index (χ2v) is 9.50. The molecule has 0 amide bonds. The highest BCUT2D eigenvalue weighted by molar-refractivity contribution is 6.83. The Morgan fingerprint density at radius 3 is 2.40 bits per heavy atom. The molecule has 0 saturated heterocycles. The summed E-state index contributed by atoms with van der Waals surface area (Å²) in [5.41, 5.74) is 4.15. The zero-order valence-corrected chi connectivity index (χ0v) is 11.3. The molecule has 0 saturated carbocycles. The van der Waals surface area contributed by atoms with E-state index in [1.807, 2.05) is 12.1 Å². The third-order valence-electron chi connectivity index (χ3n) is 1.75. The van der Waals surface area contributed by atoms with Crippen molar-refractivity contribution >= 4 is 19.7 Å². The molecule has 1 rings (SSSR count). The van der Waals surface area contributed by atoms with E-state index in [0.29, 0.717) is 5.02 Å². The minimum atomic E-state index is -1.34. The topological polar surface area (TPSA) is 9.23 Å². The van der Waals surface area contributed by atoms with Crippen LogP contribution in [0, 0.1) is 11.5 Å². The van der Waals surface area contributed by atoms with Gasteiger partial charge in [-0.25, -0.2) is 0 Å². The van der Waals surface area contributed by atoms with E-state index < -0.39 is 8.07 Å². The average Bonchev–Trinajstić information content (AvgIpc) is 2.14. The Labute approximate surface area is 97.4 Å². The van der Waals surface area contributed by atoms with Crippen LogP contribution in [-0.4, -0.2) is 15.2 Å². The maximum Gasteiger partial charge on any atom is 0.129 e. The number of hydrogen-bond acceptors (Lipinski definition) is 1. The molecule has 0 heterocycles. The molecule has 0 unspecified atom stereocenters. The molecule has 0 radical (unpaired) electrons. The van der Waals surface area contributed by atoms with Crippen molar-refractivity contribution in [2.75, 3.05) is 7.11 Å². The molecule has 80 valence electrons. The molecule has 1 aromatic carbocycles. The van der Waals surface area contributed by atoms with Crippen molar-refractivity contribution in [3.8, 4) is 17.2 Å². The van der Waals surface area contributed by atoms with Gasteiger partial charge in [0.1, 0.15) is 13.8 Å². The number of benzene rings is 1. The molecule has 0 N–H and O–H groups in total. The molecule has 0 aliphatic rings. The smallest absolute Gasteiger partial charge is 0.129 e. The molecule has 3 heteroatoms. The zero-order valence-electron chi connectivity index (χ0n) is 9.52. The molecule has 0 aromatic heterocycles. The molecule has 0 atom stereocenters. The standard InChI is InChI=1S/C12H15ClOSi/c1-14-11-6-5-10(12(13)9-11)7-8-15(2,3)4/h5-6,9H,1-4H3. The van der Waals surface area contributed by atoms with Crippen LogP contribution >= 0.6 is 11.6 Å². The van der Waals surface area contributed by atoms with E-state index in [1.54, 1.807) is 13.2 Å². The summed E-state index contributed by atoms with van der Waals surface area (Å²) in [4.78, 5) is 0. The van der Waals surface area contributed by atoms with Crippen molar-refractivity contribution in [1.82, 2.24) is 0 Å². The van der Waals surface area contributed by atoms with Crippen molar-refractivity contribution in [1.29, 1.82) is 0 Å². The van der Waals surface area contributed by atoms with Gasteiger partial charge in [-0.1, -0.05) is 37.2 Å². The molecule has 0 bridgehead atoms. The van der Waals surface area contributed by atoms with E-state index in [0.717, 1.165) is 11.3 Å². The van der Waals surface area contributed by atoms with E-state index in [9.17, 15) is 0 Å². The Bertz CT molecular complexity index is 410. The Hall–Kier alpha value is -0.913. The highest BCUT2D eigenvalue weighted by Crippen LogP contribution is 2.21. The predicted molar refractivity (Wildman–Crippen MR) is 68.2 cm³/mol. The third kappa shape index (κ3) is 3.99. The molecular formula is C12H15ClOSi. The van der Waals surface area contributed by atoms with Crippen LogP contribution < -0.4 is 4.74 Å². The summed E-state index contributed by atoms with van der Waals surface area (Å²) in [5.74, 6) is 3.89. The Balaban J connectivity index is 3.01. The normalized spacial score (nSPS) is 10.5. The van der Waals surface area contributed by atoms with Crippen LogP contribution in [0.1, 0.15) is 5.56 Å². The maximum absolute atomic E-state index is 6.07. The molecule has 0 aliphatic heterocycles. The van der Waals surface area contributed by atoms with Gasteiger partial charge in [-0.15, -0.1) is 5.54 Å². The average molecular weight is 239 g/mol. The molecule has 0 fully saturated rings. The lowest BCUT2D eigenvalue weighted by Crippen LogP contribution is -2.16. The van der Waals surface area contributed by atoms with E-state index in [1.165, 1.54) is 0 Å². The maximum atomic E-state index is 6.07. The number of halogens is 1. The minimum Gasteiger partial charge on any atom is -0.497 e. The number of rotatable bonds is 1. The van der Waals surface area contributed by atoms with E-state index in [4.69, 9.17) is 16.3 Å². The molecule has 0 spiro atoms. The van der Waals surface area contributed by atoms with E-state index >= 15 is 0 Å². The van der Waals surface area contributed by atoms with Crippen LogP contribution in [0.15, 0.2) is 18.2 Å². The zero-order chi connectivity index (χ0) is 11.5. The van der Waals surface area contributed by atoms with Crippen LogP contribution in [0.5, 0.6) is 5.75 Å². The highest BCUT2D eigenvalue weighted by atomic mass is 35.5. The van der Waals surface area contributed by atoms with Gasteiger partial charge in [-0.3, -0.25) is 0 Å². The fourth-order valence-electron chi connectivity index (χ4n) is 0.979. The first kappa shape index (κ1) is 12.2. The van der Waals surface area contributed by atoms with Crippen LogP contribution in [0.4, 0.5) is 0 Å². The lowest BCUT2D eigenvalue weighted by Gasteiger charge is -2.04. The van der Waals surface area contributed by atoms with Crippen molar-refractivity contribution < 1.29 is 4.74 Å². The second kappa shape index (κ2) is 4.74. The van der Waals surface area contributed by atoms with Crippen molar-refractivity contribution in [3.05, 3.63) is 28.8 Å². The van der Waals surface area contributed by atoms with Gasteiger partial charge in [0.05, 0.1) is 12.1 Å². The summed E-state index contributed by atoms with van der Waals surface area (Å²) in [6.07, 6.45) is 0. The molecule has 15 heavy (non-hydrogen) atoms. The molecule has 1 aromatic rings. The Morgan fingerprint density at radius 1 is 1.27 bits per heavy atom.